The molecule has 2 spiro atoms. The first kappa shape index (κ1) is 42.9. The topological polar surface area (TPSA) is 223 Å². The smallest absolute Gasteiger partial charge is 0.477 e. The van der Waals surface area contributed by atoms with Crippen molar-refractivity contribution in [1.82, 2.24) is 15.3 Å². The van der Waals surface area contributed by atoms with E-state index >= 15 is 0 Å². The summed E-state index contributed by atoms with van der Waals surface area (Å²) in [6.07, 6.45) is 12.0. The first-order chi connectivity index (χ1) is 26.5. The third kappa shape index (κ3) is 8.29. The third-order valence-electron chi connectivity index (χ3n) is 13.3. The van der Waals surface area contributed by atoms with E-state index < -0.39 is 51.4 Å². The zero-order chi connectivity index (χ0) is 40.4. The number of aromatic nitrogens is 2. The van der Waals surface area contributed by atoms with E-state index in [1.165, 1.54) is 18.6 Å². The number of fused-ring (bicyclic) bond motifs is 3. The zero-order valence-electron chi connectivity index (χ0n) is 32.4. The van der Waals surface area contributed by atoms with Gasteiger partial charge in [-0.3, -0.25) is 28.5 Å². The number of rotatable bonds is 18. The van der Waals surface area contributed by atoms with E-state index in [0.717, 1.165) is 56.9 Å². The summed E-state index contributed by atoms with van der Waals surface area (Å²) in [6, 6.07) is 8.63. The van der Waals surface area contributed by atoms with Gasteiger partial charge in [-0.1, -0.05) is 50.6 Å². The monoisotopic (exact) mass is 818 g/mol. The Morgan fingerprint density at radius 2 is 1.48 bits per heavy atom. The summed E-state index contributed by atoms with van der Waals surface area (Å²) in [4.78, 5) is 88.6. The van der Waals surface area contributed by atoms with Crippen molar-refractivity contribution in [3.8, 4) is 0 Å². The minimum absolute atomic E-state index is 0.0772. The largest absolute Gasteiger partial charge is 0.509 e. The second-order valence-corrected chi connectivity index (χ2v) is 21.2. The maximum Gasteiger partial charge on any atom is 0.477 e. The minimum atomic E-state index is -5.27. The third-order valence-corrected chi connectivity index (χ3v) is 17.0. The van der Waals surface area contributed by atoms with E-state index in [-0.39, 0.29) is 53.6 Å². The van der Waals surface area contributed by atoms with Gasteiger partial charge in [0.15, 0.2) is 11.2 Å². The van der Waals surface area contributed by atoms with Crippen molar-refractivity contribution in [2.45, 2.75) is 132 Å². The van der Waals surface area contributed by atoms with Crippen molar-refractivity contribution in [3.63, 3.8) is 0 Å². The predicted octanol–water partition coefficient (Wildman–Crippen LogP) is 5.06. The van der Waals surface area contributed by atoms with Crippen LogP contribution in [-0.4, -0.2) is 100 Å². The standard InChI is InChI=1S/C38H57BN4O11P2/c1-28(2)21-30(23-34(45)32(22-29-11-4-3-5-12-29)42-36(46)33-25-40-18-19-41-33)39-43(37(26-53-39)14-6-7-15-37,38(27-54-39)16-8-9-17-38)20-10-13-31(44)24-35(55(47,48)49)56(50,51)52/h3-5,11-12,18-19,25,28,30,32,35H,6-10,13-17,20-24,26-27H2,1-2H3,(H,42,46)(H2,47,48,49)(H2,50,51,52)/t30-,32+,39?,43?/m1/s1. The van der Waals surface area contributed by atoms with E-state index in [0.29, 0.717) is 37.0 Å². The molecule has 2 atom stereocenters. The van der Waals surface area contributed by atoms with Crippen LogP contribution in [0.15, 0.2) is 48.9 Å². The molecule has 6 rings (SSSR count). The van der Waals surface area contributed by atoms with Crippen molar-refractivity contribution in [2.75, 3.05) is 19.8 Å². The molecule has 0 bridgehead atoms. The van der Waals surface area contributed by atoms with Gasteiger partial charge in [-0.25, -0.2) is 4.98 Å². The van der Waals surface area contributed by atoms with E-state index in [1.54, 1.807) is 0 Å². The number of hydrogen-bond donors (Lipinski definition) is 5. The van der Waals surface area contributed by atoms with Crippen molar-refractivity contribution < 1.29 is 56.8 Å². The molecule has 5 N–H and O–H groups in total. The predicted molar refractivity (Wildman–Crippen MR) is 208 cm³/mol. The molecule has 15 nitrogen and oxygen atoms in total. The van der Waals surface area contributed by atoms with Crippen LogP contribution in [0.3, 0.4) is 0 Å². The van der Waals surface area contributed by atoms with Crippen LogP contribution in [0.2, 0.25) is 5.82 Å². The second-order valence-electron chi connectivity index (χ2n) is 17.2. The lowest BCUT2D eigenvalue weighted by atomic mass is 9.48. The van der Waals surface area contributed by atoms with Gasteiger partial charge in [0, 0.05) is 57.5 Å². The molecule has 2 aliphatic heterocycles. The molecule has 1 aromatic heterocycles. The Morgan fingerprint density at radius 3 is 2.00 bits per heavy atom. The Morgan fingerprint density at radius 1 is 0.893 bits per heavy atom. The summed E-state index contributed by atoms with van der Waals surface area (Å²) in [7, 11) is -10.5. The lowest BCUT2D eigenvalue weighted by Crippen LogP contribution is -2.79. The average molecular weight is 819 g/mol. The van der Waals surface area contributed by atoms with Crippen LogP contribution in [0, 0.1) is 5.92 Å². The number of Topliss-reactive ketones (excluding diaryl/α,β-unsaturated/α-hetero) is 2. The molecule has 56 heavy (non-hydrogen) atoms. The van der Waals surface area contributed by atoms with Crippen LogP contribution in [0.1, 0.15) is 113 Å². The molecule has 0 unspecified atom stereocenters. The molecule has 4 aliphatic rings. The van der Waals surface area contributed by atoms with E-state index in [2.05, 4.69) is 29.1 Å². The van der Waals surface area contributed by atoms with Gasteiger partial charge in [0.25, 0.3) is 5.91 Å². The van der Waals surface area contributed by atoms with Crippen LogP contribution < -0.4 is 5.32 Å². The number of quaternary nitrogens is 1. The number of hydrogen-bond acceptors (Lipinski definition) is 9. The molecule has 3 heterocycles. The molecule has 18 heteroatoms. The molecule has 4 fully saturated rings. The number of benzene rings is 1. The number of ketones is 2. The van der Waals surface area contributed by atoms with E-state index in [1.807, 2.05) is 30.3 Å². The average Bonchev–Trinajstić information content (AvgIpc) is 3.93. The molecule has 2 aliphatic carbocycles. The fourth-order valence-electron chi connectivity index (χ4n) is 11.2. The van der Waals surface area contributed by atoms with E-state index in [4.69, 9.17) is 9.31 Å². The number of amides is 1. The van der Waals surface area contributed by atoms with Crippen molar-refractivity contribution >= 4 is 39.4 Å². The number of nitrogens with zero attached hydrogens (tertiary/aromatic N) is 3. The lowest BCUT2D eigenvalue weighted by molar-refractivity contribution is -0.924. The normalized spacial score (nSPS) is 25.2. The molecular weight excluding hydrogens is 761 g/mol. The highest BCUT2D eigenvalue weighted by atomic mass is 31.2. The summed E-state index contributed by atoms with van der Waals surface area (Å²) < 4.78 is 38.9. The van der Waals surface area contributed by atoms with Gasteiger partial charge in [0.1, 0.15) is 11.5 Å². The van der Waals surface area contributed by atoms with Crippen LogP contribution in [0.25, 0.3) is 0 Å². The fraction of sp³-hybridized carbons (Fsp3) is 0.658. The summed E-state index contributed by atoms with van der Waals surface area (Å²) in [5.41, 5.74) is 0.328. The molecular formula is C38H57BN4O11P2. The summed E-state index contributed by atoms with van der Waals surface area (Å²) >= 11 is 0. The Labute approximate surface area is 328 Å². The molecule has 2 aromatic rings. The maximum absolute atomic E-state index is 14.8. The highest BCUT2D eigenvalue weighted by molar-refractivity contribution is 7.70. The van der Waals surface area contributed by atoms with E-state index in [9.17, 15) is 43.1 Å². The molecule has 0 radical (unpaired) electrons. The molecule has 2 saturated carbocycles. The summed E-state index contributed by atoms with van der Waals surface area (Å²) in [5, 5.41) is 0.575. The highest BCUT2D eigenvalue weighted by Crippen LogP contribution is 2.66. The van der Waals surface area contributed by atoms with Gasteiger partial charge >= 0.3 is 21.9 Å². The SMILES string of the molecule is CC(C)C[C@H](CC(=O)[C@H](Cc1ccccc1)NC(=O)c1cnccn1)[B-]12OCC3(CCCC3)[N+]1(CCCC(=O)CC(P(=O)(O)O)P(=O)(O)O)C1(CCCC1)CO2. The number of carbonyl (C=O) groups is 3. The van der Waals surface area contributed by atoms with Crippen molar-refractivity contribution in [1.29, 1.82) is 0 Å². The van der Waals surface area contributed by atoms with Crippen molar-refractivity contribution in [2.24, 2.45) is 5.92 Å². The van der Waals surface area contributed by atoms with Crippen molar-refractivity contribution in [3.05, 3.63) is 60.2 Å². The number of carbonyl (C=O) groups excluding carboxylic acids is 3. The Hall–Kier alpha value is -2.65. The highest BCUT2D eigenvalue weighted by Gasteiger charge is 2.78. The van der Waals surface area contributed by atoms with Gasteiger partial charge in [-0.05, 0) is 62.2 Å². The Balaban J connectivity index is 1.36. The zero-order valence-corrected chi connectivity index (χ0v) is 34.2. The maximum atomic E-state index is 14.8. The molecule has 1 aromatic carbocycles. The van der Waals surface area contributed by atoms with Gasteiger partial charge in [-0.15, -0.1) is 0 Å². The molecule has 2 saturated heterocycles. The van der Waals surface area contributed by atoms with Crippen LogP contribution in [0.5, 0.6) is 0 Å². The van der Waals surface area contributed by atoms with Crippen LogP contribution >= 0.6 is 15.2 Å². The molecule has 308 valence electrons. The number of nitrogens with one attached hydrogen (secondary N) is 1. The quantitative estimate of drug-likeness (QED) is 0.0982. The lowest BCUT2D eigenvalue weighted by Gasteiger charge is -2.65. The van der Waals surface area contributed by atoms with Crippen LogP contribution in [-0.2, 0) is 34.4 Å². The minimum Gasteiger partial charge on any atom is -0.509 e. The first-order valence-electron chi connectivity index (χ1n) is 20.0. The summed E-state index contributed by atoms with van der Waals surface area (Å²) in [6.45, 7) is 3.32. The van der Waals surface area contributed by atoms with Gasteiger partial charge < -0.3 is 38.6 Å². The Bertz CT molecular complexity index is 1760. The van der Waals surface area contributed by atoms with Gasteiger partial charge in [0.05, 0.1) is 36.5 Å². The van der Waals surface area contributed by atoms with Crippen LogP contribution in [0.4, 0.5) is 0 Å². The fourth-order valence-corrected chi connectivity index (χ4v) is 13.7. The summed E-state index contributed by atoms with van der Waals surface area (Å²) in [5.74, 6) is -1.52. The Kier molecular flexibility index (Phi) is 13.0. The van der Waals surface area contributed by atoms with Gasteiger partial charge in [0.2, 0.25) is 0 Å². The first-order valence-corrected chi connectivity index (χ1v) is 23.4. The van der Waals surface area contributed by atoms with Gasteiger partial charge in [-0.2, -0.15) is 0 Å². The second kappa shape index (κ2) is 16.9. The molecule has 1 amide bonds.